The number of piperidine rings is 2. The van der Waals surface area contributed by atoms with E-state index in [4.69, 9.17) is 4.74 Å². The van der Waals surface area contributed by atoms with Gasteiger partial charge in [0.1, 0.15) is 30.0 Å². The van der Waals surface area contributed by atoms with E-state index >= 15 is 0 Å². The van der Waals surface area contributed by atoms with Crippen LogP contribution in [-0.4, -0.2) is 104 Å². The van der Waals surface area contributed by atoms with Crippen molar-refractivity contribution in [3.05, 3.63) is 78.4 Å². The van der Waals surface area contributed by atoms with Crippen LogP contribution in [0.4, 0.5) is 16.4 Å². The van der Waals surface area contributed by atoms with E-state index in [1.54, 1.807) is 29.4 Å². The summed E-state index contributed by atoms with van der Waals surface area (Å²) in [6, 6.07) is 17.2. The second-order valence-corrected chi connectivity index (χ2v) is 18.1. The summed E-state index contributed by atoms with van der Waals surface area (Å²) in [5.41, 5.74) is 1.71. The van der Waals surface area contributed by atoms with Gasteiger partial charge in [0.05, 0.1) is 16.6 Å². The van der Waals surface area contributed by atoms with Gasteiger partial charge in [0.15, 0.2) is 11.5 Å². The number of carbonyl (C=O) groups excluding carboxylic acids is 2. The molecule has 60 heavy (non-hydrogen) atoms. The number of aliphatic hydroxyl groups excluding tert-OH is 1. The van der Waals surface area contributed by atoms with E-state index in [1.807, 2.05) is 30.3 Å². The third-order valence-corrected chi connectivity index (χ3v) is 13.5. The van der Waals surface area contributed by atoms with Crippen LogP contribution in [0.1, 0.15) is 81.9 Å². The molecule has 3 N–H and O–H groups in total. The minimum atomic E-state index is -0.816. The molecule has 3 aliphatic heterocycles. The molecule has 0 bridgehead atoms. The molecule has 15 nitrogen and oxygen atoms in total. The number of amides is 3. The average Bonchev–Trinajstić information content (AvgIpc) is 3.70. The number of urea groups is 1. The molecule has 4 aliphatic rings. The SMILES string of the molecule is CC1(C)C(NC(=O)c2ccc(N3CCC(CN4CCC(n5ccc6c(N7CCC(O)NC7=O)nccc65)CC4)CC3)nn2)C(C)(C)C1Oc1ccc(C#N)c2ncccc12. The Bertz CT molecular complexity index is 2430. The first kappa shape index (κ1) is 39.6. The Morgan fingerprint density at radius 3 is 2.42 bits per heavy atom. The summed E-state index contributed by atoms with van der Waals surface area (Å²) in [4.78, 5) is 41.6. The van der Waals surface area contributed by atoms with E-state index < -0.39 is 17.1 Å². The smallest absolute Gasteiger partial charge is 0.325 e. The molecule has 3 amide bonds. The number of aliphatic hydroxyl groups is 1. The fraction of sp³-hybridized carbons (Fsp3) is 0.489. The first-order valence-corrected chi connectivity index (χ1v) is 21.2. The Hall–Kier alpha value is -5.85. The average molecular weight is 812 g/mol. The number of nitrogens with one attached hydrogen (secondary N) is 2. The van der Waals surface area contributed by atoms with Gasteiger partial charge in [0.2, 0.25) is 0 Å². The minimum absolute atomic E-state index is 0.177. The predicted octanol–water partition coefficient (Wildman–Crippen LogP) is 5.65. The van der Waals surface area contributed by atoms with E-state index in [2.05, 4.69) is 91.2 Å². The quantitative estimate of drug-likeness (QED) is 0.168. The summed E-state index contributed by atoms with van der Waals surface area (Å²) >= 11 is 0. The molecule has 7 heterocycles. The molecule has 1 aromatic carbocycles. The summed E-state index contributed by atoms with van der Waals surface area (Å²) < 4.78 is 8.99. The lowest BCUT2D eigenvalue weighted by Crippen LogP contribution is -2.74. The molecule has 5 aromatic rings. The first-order valence-electron chi connectivity index (χ1n) is 21.2. The molecule has 1 atom stereocenters. The second kappa shape index (κ2) is 15.6. The van der Waals surface area contributed by atoms with E-state index in [-0.39, 0.29) is 29.8 Å². The summed E-state index contributed by atoms with van der Waals surface area (Å²) in [7, 11) is 0. The molecule has 4 fully saturated rings. The Labute approximate surface area is 349 Å². The molecule has 1 saturated carbocycles. The van der Waals surface area contributed by atoms with Gasteiger partial charge in [-0.15, -0.1) is 10.2 Å². The number of ether oxygens (including phenoxy) is 1. The van der Waals surface area contributed by atoms with Crippen molar-refractivity contribution in [2.24, 2.45) is 16.7 Å². The van der Waals surface area contributed by atoms with Gasteiger partial charge in [-0.2, -0.15) is 5.26 Å². The molecule has 312 valence electrons. The number of aromatic nitrogens is 5. The Morgan fingerprint density at radius 1 is 0.917 bits per heavy atom. The van der Waals surface area contributed by atoms with Crippen LogP contribution in [0.25, 0.3) is 21.8 Å². The maximum Gasteiger partial charge on any atom is 0.325 e. The van der Waals surface area contributed by atoms with Crippen molar-refractivity contribution in [1.82, 2.24) is 40.3 Å². The van der Waals surface area contributed by atoms with Gasteiger partial charge in [0, 0.05) is 98.0 Å². The monoisotopic (exact) mass is 811 g/mol. The number of hydrogen-bond acceptors (Lipinski definition) is 11. The number of nitriles is 1. The number of likely N-dealkylation sites (tertiary alicyclic amines) is 1. The van der Waals surface area contributed by atoms with Crippen molar-refractivity contribution in [2.45, 2.75) is 84.2 Å². The fourth-order valence-corrected chi connectivity index (χ4v) is 10.6. The van der Waals surface area contributed by atoms with E-state index in [1.165, 1.54) is 0 Å². The molecule has 0 radical (unpaired) electrons. The van der Waals surface area contributed by atoms with Gasteiger partial charge in [-0.3, -0.25) is 14.7 Å². The summed E-state index contributed by atoms with van der Waals surface area (Å²) in [6.07, 6.45) is 9.29. The summed E-state index contributed by atoms with van der Waals surface area (Å²) in [5, 5.41) is 35.9. The van der Waals surface area contributed by atoms with Crippen LogP contribution < -0.4 is 25.2 Å². The van der Waals surface area contributed by atoms with E-state index in [0.29, 0.717) is 47.6 Å². The topological polar surface area (TPSA) is 178 Å². The van der Waals surface area contributed by atoms with E-state index in [9.17, 15) is 20.0 Å². The van der Waals surface area contributed by atoms with Gasteiger partial charge in [-0.1, -0.05) is 27.7 Å². The molecule has 1 aliphatic carbocycles. The number of anilines is 2. The number of fused-ring (bicyclic) bond motifs is 2. The van der Waals surface area contributed by atoms with Crippen LogP contribution in [0.3, 0.4) is 0 Å². The molecular formula is C45H53N11O4. The van der Waals surface area contributed by atoms with Crippen LogP contribution in [0.2, 0.25) is 0 Å². The zero-order chi connectivity index (χ0) is 41.8. The van der Waals surface area contributed by atoms with Gasteiger partial charge >= 0.3 is 6.03 Å². The number of rotatable bonds is 9. The van der Waals surface area contributed by atoms with Gasteiger partial charge in [-0.05, 0) is 80.1 Å². The standard InChI is InChI=1S/C45H53N11O4/c1-44(2)41(45(3,4)42(44)60-35-9-7-29(26-46)38-32(35)6-5-18-47-38)50-40(58)33-8-10-36(52-51-33)54-22-12-28(13-23-54)27-53-20-14-30(15-21-53)55-24-16-31-34(55)11-19-48-39(31)56-25-17-37(57)49-43(56)59/h5-11,16,18-19,24,28,30,37,41-42,57H,12-15,17,20-23,25,27H2,1-4H3,(H,49,59)(H,50,58). The van der Waals surface area contributed by atoms with Crippen LogP contribution in [0.5, 0.6) is 5.75 Å². The highest BCUT2D eigenvalue weighted by atomic mass is 16.5. The highest BCUT2D eigenvalue weighted by molar-refractivity contribution is 6.01. The maximum absolute atomic E-state index is 13.6. The van der Waals surface area contributed by atoms with Crippen LogP contribution >= 0.6 is 0 Å². The van der Waals surface area contributed by atoms with Crippen molar-refractivity contribution < 1.29 is 19.4 Å². The zero-order valence-electron chi connectivity index (χ0n) is 34.7. The molecule has 15 heteroatoms. The molecule has 4 aromatic heterocycles. The van der Waals surface area contributed by atoms with Crippen molar-refractivity contribution in [2.75, 3.05) is 49.1 Å². The number of benzene rings is 1. The van der Waals surface area contributed by atoms with Gasteiger partial charge < -0.3 is 34.8 Å². The van der Waals surface area contributed by atoms with Gasteiger partial charge in [0.25, 0.3) is 5.91 Å². The van der Waals surface area contributed by atoms with Gasteiger partial charge in [-0.25, -0.2) is 9.78 Å². The fourth-order valence-electron chi connectivity index (χ4n) is 10.6. The number of nitrogens with zero attached hydrogens (tertiary/aromatic N) is 9. The third kappa shape index (κ3) is 7.15. The zero-order valence-corrected chi connectivity index (χ0v) is 34.7. The minimum Gasteiger partial charge on any atom is -0.488 e. The number of pyridine rings is 2. The largest absolute Gasteiger partial charge is 0.488 e. The lowest BCUT2D eigenvalue weighted by Gasteiger charge is -2.63. The maximum atomic E-state index is 13.6. The van der Waals surface area contributed by atoms with Crippen molar-refractivity contribution in [3.8, 4) is 11.8 Å². The Kier molecular flexibility index (Phi) is 10.3. The summed E-state index contributed by atoms with van der Waals surface area (Å²) in [5.74, 6) is 2.46. The lowest BCUT2D eigenvalue weighted by atomic mass is 9.49. The summed E-state index contributed by atoms with van der Waals surface area (Å²) in [6.45, 7) is 13.8. The molecule has 1 unspecified atom stereocenters. The van der Waals surface area contributed by atoms with Crippen LogP contribution in [0, 0.1) is 28.1 Å². The molecular weight excluding hydrogens is 759 g/mol. The van der Waals surface area contributed by atoms with Crippen LogP contribution in [0.15, 0.2) is 67.1 Å². The van der Waals surface area contributed by atoms with Crippen molar-refractivity contribution in [3.63, 3.8) is 0 Å². The highest BCUT2D eigenvalue weighted by Gasteiger charge is 2.64. The molecule has 0 spiro atoms. The van der Waals surface area contributed by atoms with Crippen molar-refractivity contribution >= 4 is 45.4 Å². The number of hydrogen-bond donors (Lipinski definition) is 3. The lowest BCUT2D eigenvalue weighted by molar-refractivity contribution is -0.163. The number of carbonyl (C=O) groups is 2. The Balaban J connectivity index is 0.750. The highest BCUT2D eigenvalue weighted by Crippen LogP contribution is 2.56. The second-order valence-electron chi connectivity index (χ2n) is 18.1. The Morgan fingerprint density at radius 2 is 1.70 bits per heavy atom. The van der Waals surface area contributed by atoms with Crippen LogP contribution in [-0.2, 0) is 0 Å². The predicted molar refractivity (Wildman–Crippen MR) is 228 cm³/mol. The first-order chi connectivity index (χ1) is 28.9. The normalized spacial score (nSPS) is 23.5. The van der Waals surface area contributed by atoms with Crippen molar-refractivity contribution in [1.29, 1.82) is 5.26 Å². The molecule has 9 rings (SSSR count). The molecule has 3 saturated heterocycles. The van der Waals surface area contributed by atoms with E-state index in [0.717, 1.165) is 80.5 Å². The third-order valence-electron chi connectivity index (χ3n) is 13.5.